The number of carbonyl (C=O) groups is 2. The van der Waals surface area contributed by atoms with Crippen molar-refractivity contribution in [1.29, 1.82) is 0 Å². The number of carbonyl (C=O) groups excluding carboxylic acids is 1. The maximum absolute atomic E-state index is 12.0. The van der Waals surface area contributed by atoms with Crippen LogP contribution in [0.4, 0.5) is 0 Å². The quantitative estimate of drug-likeness (QED) is 0.759. The Hall–Kier alpha value is -1.06. The van der Waals surface area contributed by atoms with E-state index in [9.17, 15) is 9.59 Å². The molecule has 0 bridgehead atoms. The predicted octanol–water partition coefficient (Wildman–Crippen LogP) is 1.40. The lowest BCUT2D eigenvalue weighted by Crippen LogP contribution is -2.42. The summed E-state index contributed by atoms with van der Waals surface area (Å²) in [4.78, 5) is 23.0. The normalized spacial score (nSPS) is 36.1. The molecule has 1 amide bonds. The van der Waals surface area contributed by atoms with Gasteiger partial charge in [-0.3, -0.25) is 4.79 Å². The SMILES string of the molecule is O=C(O)C(CC1CC1)NC(=O)C1C2CCCC21. The third-order valence-electron chi connectivity index (χ3n) is 4.59. The Morgan fingerprint density at radius 3 is 2.35 bits per heavy atom. The lowest BCUT2D eigenvalue weighted by atomic mass is 10.1. The molecule has 0 aromatic heterocycles. The number of fused-ring (bicyclic) bond motifs is 1. The van der Waals surface area contributed by atoms with Gasteiger partial charge in [0.15, 0.2) is 0 Å². The van der Waals surface area contributed by atoms with E-state index >= 15 is 0 Å². The molecule has 0 aromatic carbocycles. The zero-order valence-electron chi connectivity index (χ0n) is 9.89. The minimum absolute atomic E-state index is 0.00671. The molecule has 3 unspecified atom stereocenters. The zero-order valence-corrected chi connectivity index (χ0v) is 9.89. The van der Waals surface area contributed by atoms with Crippen LogP contribution in [0.5, 0.6) is 0 Å². The standard InChI is InChI=1S/C13H19NO3/c15-12(11-8-2-1-3-9(8)11)14-10(13(16)17)6-7-4-5-7/h7-11H,1-6H2,(H,14,15)(H,16,17). The van der Waals surface area contributed by atoms with E-state index in [1.54, 1.807) is 0 Å². The Bertz CT molecular complexity index is 341. The van der Waals surface area contributed by atoms with Gasteiger partial charge in [0.1, 0.15) is 6.04 Å². The van der Waals surface area contributed by atoms with Crippen molar-refractivity contribution >= 4 is 11.9 Å². The minimum atomic E-state index is -0.879. The van der Waals surface area contributed by atoms with Crippen molar-refractivity contribution in [3.63, 3.8) is 0 Å². The summed E-state index contributed by atoms with van der Waals surface area (Å²) in [6.07, 6.45) is 6.40. The summed E-state index contributed by atoms with van der Waals surface area (Å²) in [5.41, 5.74) is 0. The van der Waals surface area contributed by atoms with Crippen molar-refractivity contribution in [2.24, 2.45) is 23.7 Å². The summed E-state index contributed by atoms with van der Waals surface area (Å²) >= 11 is 0. The summed E-state index contributed by atoms with van der Waals surface area (Å²) in [5, 5.41) is 11.8. The fraction of sp³-hybridized carbons (Fsp3) is 0.846. The monoisotopic (exact) mass is 237 g/mol. The Morgan fingerprint density at radius 1 is 1.18 bits per heavy atom. The number of carboxylic acids is 1. The van der Waals surface area contributed by atoms with Crippen LogP contribution in [0.15, 0.2) is 0 Å². The van der Waals surface area contributed by atoms with Crippen molar-refractivity contribution in [1.82, 2.24) is 5.32 Å². The molecular weight excluding hydrogens is 218 g/mol. The molecule has 0 radical (unpaired) electrons. The van der Waals surface area contributed by atoms with Gasteiger partial charge in [0.05, 0.1) is 0 Å². The lowest BCUT2D eigenvalue weighted by Gasteiger charge is -2.14. The molecule has 0 spiro atoms. The topological polar surface area (TPSA) is 66.4 Å². The average Bonchev–Trinajstić information content (AvgIpc) is 3.18. The summed E-state index contributed by atoms with van der Waals surface area (Å²) in [5.74, 6) is 0.888. The molecule has 4 heteroatoms. The molecule has 3 rings (SSSR count). The second-order valence-electron chi connectivity index (χ2n) is 5.86. The van der Waals surface area contributed by atoms with E-state index < -0.39 is 12.0 Å². The Labute approximate surface area is 101 Å². The highest BCUT2D eigenvalue weighted by Crippen LogP contribution is 2.57. The van der Waals surface area contributed by atoms with Crippen LogP contribution in [-0.2, 0) is 9.59 Å². The number of aliphatic carboxylic acids is 1. The highest BCUT2D eigenvalue weighted by Gasteiger charge is 2.56. The minimum Gasteiger partial charge on any atom is -0.480 e. The van der Waals surface area contributed by atoms with Gasteiger partial charge >= 0.3 is 5.97 Å². The summed E-state index contributed by atoms with van der Waals surface area (Å²) in [6.45, 7) is 0. The molecule has 2 N–H and O–H groups in total. The Balaban J connectivity index is 1.53. The van der Waals surface area contributed by atoms with E-state index in [-0.39, 0.29) is 11.8 Å². The van der Waals surface area contributed by atoms with E-state index in [1.165, 1.54) is 6.42 Å². The van der Waals surface area contributed by atoms with Crippen molar-refractivity contribution < 1.29 is 14.7 Å². The van der Waals surface area contributed by atoms with E-state index in [1.807, 2.05) is 0 Å². The second-order valence-corrected chi connectivity index (χ2v) is 5.86. The van der Waals surface area contributed by atoms with E-state index in [2.05, 4.69) is 5.32 Å². The molecule has 0 aromatic rings. The molecule has 0 aliphatic heterocycles. The largest absolute Gasteiger partial charge is 0.480 e. The van der Waals surface area contributed by atoms with Crippen LogP contribution in [0.3, 0.4) is 0 Å². The van der Waals surface area contributed by atoms with Crippen LogP contribution in [0.1, 0.15) is 38.5 Å². The van der Waals surface area contributed by atoms with Crippen LogP contribution in [0.25, 0.3) is 0 Å². The van der Waals surface area contributed by atoms with E-state index in [0.717, 1.165) is 25.7 Å². The van der Waals surface area contributed by atoms with E-state index in [4.69, 9.17) is 5.11 Å². The first-order chi connectivity index (χ1) is 8.16. The predicted molar refractivity (Wildman–Crippen MR) is 61.2 cm³/mol. The smallest absolute Gasteiger partial charge is 0.326 e. The molecular formula is C13H19NO3. The molecule has 0 heterocycles. The van der Waals surface area contributed by atoms with Gasteiger partial charge in [-0.25, -0.2) is 4.79 Å². The second kappa shape index (κ2) is 4.00. The maximum Gasteiger partial charge on any atom is 0.326 e. The van der Waals surface area contributed by atoms with Crippen molar-refractivity contribution in [3.05, 3.63) is 0 Å². The molecule has 3 atom stereocenters. The van der Waals surface area contributed by atoms with Crippen molar-refractivity contribution in [2.75, 3.05) is 0 Å². The van der Waals surface area contributed by atoms with Gasteiger partial charge in [-0.15, -0.1) is 0 Å². The van der Waals surface area contributed by atoms with Crippen molar-refractivity contribution in [2.45, 2.75) is 44.6 Å². The number of rotatable bonds is 5. The van der Waals surface area contributed by atoms with E-state index in [0.29, 0.717) is 24.2 Å². The highest BCUT2D eigenvalue weighted by molar-refractivity contribution is 5.87. The van der Waals surface area contributed by atoms with Gasteiger partial charge in [0, 0.05) is 5.92 Å². The third-order valence-corrected chi connectivity index (χ3v) is 4.59. The fourth-order valence-corrected chi connectivity index (χ4v) is 3.39. The maximum atomic E-state index is 12.0. The van der Waals surface area contributed by atoms with Crippen LogP contribution in [-0.4, -0.2) is 23.0 Å². The van der Waals surface area contributed by atoms with Crippen LogP contribution in [0.2, 0.25) is 0 Å². The number of nitrogens with one attached hydrogen (secondary N) is 1. The molecule has 94 valence electrons. The first-order valence-electron chi connectivity index (χ1n) is 6.70. The number of amides is 1. The molecule has 3 fully saturated rings. The summed E-state index contributed by atoms with van der Waals surface area (Å²) in [6, 6.07) is -0.656. The molecule has 0 saturated heterocycles. The Kier molecular flexibility index (Phi) is 2.60. The number of hydrogen-bond acceptors (Lipinski definition) is 2. The summed E-state index contributed by atoms with van der Waals surface area (Å²) < 4.78 is 0. The Morgan fingerprint density at radius 2 is 1.82 bits per heavy atom. The first-order valence-corrected chi connectivity index (χ1v) is 6.70. The van der Waals surface area contributed by atoms with Gasteiger partial charge in [-0.05, 0) is 37.0 Å². The van der Waals surface area contributed by atoms with Gasteiger partial charge in [0.2, 0.25) is 5.91 Å². The van der Waals surface area contributed by atoms with Crippen LogP contribution < -0.4 is 5.32 Å². The third kappa shape index (κ3) is 2.17. The zero-order chi connectivity index (χ0) is 12.0. The lowest BCUT2D eigenvalue weighted by molar-refractivity contribution is -0.142. The molecule has 4 nitrogen and oxygen atoms in total. The van der Waals surface area contributed by atoms with Gasteiger partial charge in [0.25, 0.3) is 0 Å². The fourth-order valence-electron chi connectivity index (χ4n) is 3.39. The summed E-state index contributed by atoms with van der Waals surface area (Å²) in [7, 11) is 0. The number of hydrogen-bond donors (Lipinski definition) is 2. The highest BCUT2D eigenvalue weighted by atomic mass is 16.4. The van der Waals surface area contributed by atoms with Gasteiger partial charge in [-0.1, -0.05) is 19.3 Å². The molecule has 17 heavy (non-hydrogen) atoms. The first kappa shape index (κ1) is 11.1. The van der Waals surface area contributed by atoms with Gasteiger partial charge < -0.3 is 10.4 Å². The van der Waals surface area contributed by atoms with Gasteiger partial charge in [-0.2, -0.15) is 0 Å². The average molecular weight is 237 g/mol. The molecule has 3 aliphatic rings. The van der Waals surface area contributed by atoms with Crippen LogP contribution in [0, 0.1) is 23.7 Å². The molecule has 3 saturated carbocycles. The van der Waals surface area contributed by atoms with Crippen molar-refractivity contribution in [3.8, 4) is 0 Å². The molecule has 3 aliphatic carbocycles. The van der Waals surface area contributed by atoms with Crippen LogP contribution >= 0.6 is 0 Å². The number of carboxylic acid groups (broad SMARTS) is 1.